The van der Waals surface area contributed by atoms with Crippen molar-refractivity contribution in [3.63, 3.8) is 0 Å². The van der Waals surface area contributed by atoms with Crippen LogP contribution in [0.15, 0.2) is 16.0 Å². The summed E-state index contributed by atoms with van der Waals surface area (Å²) >= 11 is 2.67. The highest BCUT2D eigenvalue weighted by Crippen LogP contribution is 2.40. The summed E-state index contributed by atoms with van der Waals surface area (Å²) in [5.41, 5.74) is 1.90. The van der Waals surface area contributed by atoms with Crippen molar-refractivity contribution >= 4 is 45.8 Å². The molecule has 9 nitrogen and oxygen atoms in total. The van der Waals surface area contributed by atoms with Crippen molar-refractivity contribution in [1.29, 1.82) is 0 Å². The normalized spacial score (nSPS) is 14.0. The number of anilines is 1. The summed E-state index contributed by atoms with van der Waals surface area (Å²) in [6, 6.07) is 1.45. The first-order valence-electron chi connectivity index (χ1n) is 9.63. The molecule has 4 rings (SSSR count). The van der Waals surface area contributed by atoms with E-state index in [0.29, 0.717) is 27.2 Å². The molecule has 2 N–H and O–H groups in total. The lowest BCUT2D eigenvalue weighted by molar-refractivity contribution is -0.115. The zero-order valence-electron chi connectivity index (χ0n) is 16.8. The van der Waals surface area contributed by atoms with Crippen LogP contribution >= 0.6 is 23.1 Å². The maximum absolute atomic E-state index is 12.9. The number of nitrogens with zero attached hydrogens (tertiary/aromatic N) is 3. The average Bonchev–Trinajstić information content (AvgIpc) is 3.36. The van der Waals surface area contributed by atoms with Gasteiger partial charge in [-0.05, 0) is 45.6 Å². The number of aromatic nitrogens is 4. The summed E-state index contributed by atoms with van der Waals surface area (Å²) in [4.78, 5) is 40.7. The zero-order chi connectivity index (χ0) is 21.4. The third-order valence-corrected chi connectivity index (χ3v) is 7.10. The van der Waals surface area contributed by atoms with E-state index in [-0.39, 0.29) is 18.1 Å². The Morgan fingerprint density at radius 3 is 2.97 bits per heavy atom. The van der Waals surface area contributed by atoms with Crippen LogP contribution in [-0.2, 0) is 22.4 Å². The van der Waals surface area contributed by atoms with Gasteiger partial charge in [-0.1, -0.05) is 11.8 Å². The van der Waals surface area contributed by atoms with E-state index < -0.39 is 11.2 Å². The van der Waals surface area contributed by atoms with Crippen LogP contribution in [0.3, 0.4) is 0 Å². The summed E-state index contributed by atoms with van der Waals surface area (Å²) < 4.78 is 6.91. The molecule has 1 atom stereocenters. The van der Waals surface area contributed by atoms with Gasteiger partial charge in [0.2, 0.25) is 11.7 Å². The van der Waals surface area contributed by atoms with Gasteiger partial charge >= 0.3 is 5.97 Å². The van der Waals surface area contributed by atoms with Crippen LogP contribution in [0, 0.1) is 6.92 Å². The van der Waals surface area contributed by atoms with E-state index in [9.17, 15) is 14.4 Å². The van der Waals surface area contributed by atoms with Crippen LogP contribution < -0.4 is 10.9 Å². The number of carbonyl (C=O) groups is 2. The van der Waals surface area contributed by atoms with Gasteiger partial charge in [-0.25, -0.2) is 4.79 Å². The Morgan fingerprint density at radius 1 is 1.40 bits per heavy atom. The van der Waals surface area contributed by atoms with Crippen LogP contribution in [0.5, 0.6) is 0 Å². The molecule has 1 aliphatic carbocycles. The molecule has 0 saturated carbocycles. The predicted octanol–water partition coefficient (Wildman–Crippen LogP) is 2.57. The number of fused-ring (bicyclic) bond motifs is 2. The number of hydrogen-bond donors (Lipinski definition) is 2. The Labute approximate surface area is 180 Å². The molecular weight excluding hydrogens is 426 g/mol. The summed E-state index contributed by atoms with van der Waals surface area (Å²) in [5, 5.41) is 11.5. The zero-order valence-corrected chi connectivity index (χ0v) is 18.4. The monoisotopic (exact) mass is 447 g/mol. The van der Waals surface area contributed by atoms with Gasteiger partial charge in [-0.3, -0.25) is 19.0 Å². The van der Waals surface area contributed by atoms with E-state index in [4.69, 9.17) is 4.74 Å². The number of nitrogens with one attached hydrogen (secondary N) is 2. The first kappa shape index (κ1) is 20.6. The van der Waals surface area contributed by atoms with E-state index >= 15 is 0 Å². The van der Waals surface area contributed by atoms with E-state index in [2.05, 4.69) is 20.5 Å². The Balaban J connectivity index is 1.55. The van der Waals surface area contributed by atoms with Gasteiger partial charge in [0.15, 0.2) is 5.16 Å². The molecule has 3 heterocycles. The minimum atomic E-state index is -0.504. The van der Waals surface area contributed by atoms with Gasteiger partial charge < -0.3 is 10.1 Å². The van der Waals surface area contributed by atoms with Gasteiger partial charge in [0, 0.05) is 16.6 Å². The molecule has 0 aliphatic heterocycles. The van der Waals surface area contributed by atoms with Gasteiger partial charge in [-0.15, -0.1) is 21.5 Å². The fourth-order valence-corrected chi connectivity index (χ4v) is 5.67. The van der Waals surface area contributed by atoms with Gasteiger partial charge in [0.05, 0.1) is 17.4 Å². The summed E-state index contributed by atoms with van der Waals surface area (Å²) in [6.07, 6.45) is 2.74. The van der Waals surface area contributed by atoms with Crippen LogP contribution in [0.1, 0.15) is 46.8 Å². The molecule has 3 aromatic rings. The third kappa shape index (κ3) is 3.74. The quantitative estimate of drug-likeness (QED) is 0.440. The minimum absolute atomic E-state index is 0.246. The second kappa shape index (κ2) is 8.23. The first-order chi connectivity index (χ1) is 14.4. The molecule has 30 heavy (non-hydrogen) atoms. The summed E-state index contributed by atoms with van der Waals surface area (Å²) in [5.74, 6) is -0.311. The molecule has 0 aromatic carbocycles. The van der Waals surface area contributed by atoms with Crippen molar-refractivity contribution in [2.45, 2.75) is 50.4 Å². The Bertz CT molecular complexity index is 1200. The number of esters is 1. The number of rotatable bonds is 6. The van der Waals surface area contributed by atoms with Crippen LogP contribution in [-0.4, -0.2) is 43.3 Å². The van der Waals surface area contributed by atoms with Crippen LogP contribution in [0.25, 0.3) is 5.78 Å². The van der Waals surface area contributed by atoms with Crippen molar-refractivity contribution in [1.82, 2.24) is 19.6 Å². The fourth-order valence-electron chi connectivity index (χ4n) is 3.48. The number of hydrogen-bond acceptors (Lipinski definition) is 8. The van der Waals surface area contributed by atoms with Crippen LogP contribution in [0.2, 0.25) is 0 Å². The fraction of sp³-hybridized carbons (Fsp3) is 0.421. The highest BCUT2D eigenvalue weighted by atomic mass is 32.2. The summed E-state index contributed by atoms with van der Waals surface area (Å²) in [6.45, 7) is 5.58. The number of aryl methyl sites for hydroxylation is 2. The third-order valence-electron chi connectivity index (χ3n) is 4.85. The molecule has 158 valence electrons. The molecule has 1 aliphatic rings. The Hall–Kier alpha value is -2.66. The van der Waals surface area contributed by atoms with Crippen molar-refractivity contribution in [2.24, 2.45) is 0 Å². The molecule has 11 heteroatoms. The van der Waals surface area contributed by atoms with Gasteiger partial charge in [-0.2, -0.15) is 0 Å². The predicted molar refractivity (Wildman–Crippen MR) is 115 cm³/mol. The molecule has 0 fully saturated rings. The van der Waals surface area contributed by atoms with E-state index in [0.717, 1.165) is 29.7 Å². The molecule has 0 radical (unpaired) electrons. The molecule has 3 aromatic heterocycles. The molecule has 0 spiro atoms. The first-order valence-corrected chi connectivity index (χ1v) is 11.3. The lowest BCUT2D eigenvalue weighted by Gasteiger charge is -2.12. The molecular formula is C19H21N5O4S2. The highest BCUT2D eigenvalue weighted by molar-refractivity contribution is 8.00. The maximum Gasteiger partial charge on any atom is 0.341 e. The van der Waals surface area contributed by atoms with Crippen molar-refractivity contribution < 1.29 is 14.3 Å². The lowest BCUT2D eigenvalue weighted by atomic mass is 10.1. The molecule has 0 saturated heterocycles. The number of thiophene rings is 1. The Morgan fingerprint density at radius 2 is 2.20 bits per heavy atom. The number of H-pyrrole nitrogens is 1. The molecule has 1 amide bonds. The van der Waals surface area contributed by atoms with E-state index in [1.807, 2.05) is 0 Å². The van der Waals surface area contributed by atoms with Gasteiger partial charge in [0.1, 0.15) is 5.00 Å². The lowest BCUT2D eigenvalue weighted by Crippen LogP contribution is -2.23. The highest BCUT2D eigenvalue weighted by Gasteiger charge is 2.29. The second-order valence-corrected chi connectivity index (χ2v) is 9.36. The number of thioether (sulfide) groups is 1. The van der Waals surface area contributed by atoms with Crippen molar-refractivity contribution in [3.05, 3.63) is 38.1 Å². The Kier molecular flexibility index (Phi) is 5.65. The van der Waals surface area contributed by atoms with E-state index in [1.165, 1.54) is 29.2 Å². The number of carbonyl (C=O) groups excluding carboxylic acids is 2. The molecule has 0 bridgehead atoms. The topological polar surface area (TPSA) is 118 Å². The average molecular weight is 448 g/mol. The summed E-state index contributed by atoms with van der Waals surface area (Å²) in [7, 11) is 0. The standard InChI is InChI=1S/C19H21N5O4S2/c1-4-28-17(27)14-11-6-5-7-12(11)30-16(14)21-15(26)10(3)29-19-23-22-18-20-13(25)8-9(2)24(18)19/h8,10H,4-7H2,1-3H3,(H,21,26)(H,20,22,25)/t10-/m1/s1. The minimum Gasteiger partial charge on any atom is -0.462 e. The number of ether oxygens (including phenoxy) is 1. The smallest absolute Gasteiger partial charge is 0.341 e. The second-order valence-electron chi connectivity index (χ2n) is 6.95. The number of amides is 1. The van der Waals surface area contributed by atoms with E-state index in [1.54, 1.807) is 25.2 Å². The maximum atomic E-state index is 12.9. The van der Waals surface area contributed by atoms with Crippen LogP contribution in [0.4, 0.5) is 5.00 Å². The van der Waals surface area contributed by atoms with Crippen molar-refractivity contribution in [3.8, 4) is 0 Å². The largest absolute Gasteiger partial charge is 0.462 e. The number of aromatic amines is 1. The SMILES string of the molecule is CCOC(=O)c1c(NC(=O)[C@@H](C)Sc2nnc3[nH]c(=O)cc(C)n23)sc2c1CCC2. The van der Waals surface area contributed by atoms with Gasteiger partial charge in [0.25, 0.3) is 5.56 Å². The van der Waals surface area contributed by atoms with Crippen molar-refractivity contribution in [2.75, 3.05) is 11.9 Å². The molecule has 0 unspecified atom stereocenters.